The van der Waals surface area contributed by atoms with Gasteiger partial charge in [0.05, 0.1) is 35.2 Å². The predicted molar refractivity (Wildman–Crippen MR) is 180 cm³/mol. The van der Waals surface area contributed by atoms with Crippen molar-refractivity contribution in [2.75, 3.05) is 56.1 Å². The second kappa shape index (κ2) is 12.7. The highest BCUT2D eigenvalue weighted by molar-refractivity contribution is 9.10. The van der Waals surface area contributed by atoms with Gasteiger partial charge in [0.1, 0.15) is 18.7 Å². The van der Waals surface area contributed by atoms with Gasteiger partial charge in [-0.25, -0.2) is 4.98 Å². The molecule has 2 heterocycles. The predicted octanol–water partition coefficient (Wildman–Crippen LogP) is 5.90. The molecule has 5 rings (SSSR count). The lowest BCUT2D eigenvalue weighted by Crippen LogP contribution is -2.45. The fourth-order valence-electron chi connectivity index (χ4n) is 5.60. The van der Waals surface area contributed by atoms with Crippen molar-refractivity contribution in [3.63, 3.8) is 0 Å². The molecule has 1 aromatic heterocycles. The molecule has 2 atom stereocenters. The summed E-state index contributed by atoms with van der Waals surface area (Å²) in [5.74, 6) is 1.52. The molecule has 0 radical (unpaired) electrons. The number of allylic oxidation sites excluding steroid dienone is 1. The third-order valence-corrected chi connectivity index (χ3v) is 9.76. The van der Waals surface area contributed by atoms with Crippen molar-refractivity contribution in [1.29, 1.82) is 5.41 Å². The highest BCUT2D eigenvalue weighted by atomic mass is 79.9. The Bertz CT molecular complexity index is 1610. The van der Waals surface area contributed by atoms with Crippen LogP contribution in [0.2, 0.25) is 0 Å². The number of halogens is 1. The minimum absolute atomic E-state index is 0.0651. The minimum Gasteiger partial charge on any atom is -0.494 e. The molecular formula is C31H39BrN7O3P. The summed E-state index contributed by atoms with van der Waals surface area (Å²) in [6, 6.07) is 8.11. The van der Waals surface area contributed by atoms with Crippen LogP contribution in [0.25, 0.3) is 5.57 Å². The minimum atomic E-state index is -2.54. The van der Waals surface area contributed by atoms with Crippen LogP contribution >= 0.6 is 23.1 Å². The first-order chi connectivity index (χ1) is 20.5. The van der Waals surface area contributed by atoms with E-state index in [4.69, 9.17) is 19.9 Å². The maximum atomic E-state index is 13.2. The van der Waals surface area contributed by atoms with E-state index in [1.807, 2.05) is 19.2 Å². The van der Waals surface area contributed by atoms with E-state index in [0.29, 0.717) is 33.2 Å². The molecule has 4 N–H and O–H groups in total. The summed E-state index contributed by atoms with van der Waals surface area (Å²) in [5.41, 5.74) is 6.50. The van der Waals surface area contributed by atoms with Gasteiger partial charge >= 0.3 is 0 Å². The molecular weight excluding hydrogens is 629 g/mol. The van der Waals surface area contributed by atoms with Crippen LogP contribution in [0.15, 0.2) is 41.1 Å². The summed E-state index contributed by atoms with van der Waals surface area (Å²) in [7, 11) is 0.905. The Balaban J connectivity index is 1.53. The summed E-state index contributed by atoms with van der Waals surface area (Å²) in [6.45, 7) is 9.15. The Morgan fingerprint density at radius 3 is 2.42 bits per heavy atom. The molecule has 0 saturated carbocycles. The summed E-state index contributed by atoms with van der Waals surface area (Å²) in [6.07, 6.45) is 6.98. The van der Waals surface area contributed by atoms with Crippen LogP contribution in [0, 0.1) is 5.41 Å². The number of morpholine rings is 1. The Morgan fingerprint density at radius 1 is 1.12 bits per heavy atom. The monoisotopic (exact) mass is 667 g/mol. The first-order valence-electron chi connectivity index (χ1n) is 14.3. The van der Waals surface area contributed by atoms with Gasteiger partial charge in [-0.1, -0.05) is 0 Å². The Labute approximate surface area is 261 Å². The van der Waals surface area contributed by atoms with Gasteiger partial charge in [0.2, 0.25) is 5.95 Å². The van der Waals surface area contributed by atoms with Crippen LogP contribution in [-0.4, -0.2) is 69.0 Å². The normalized spacial score (nSPS) is 18.4. The van der Waals surface area contributed by atoms with Crippen molar-refractivity contribution in [3.05, 3.63) is 57.8 Å². The molecule has 0 spiro atoms. The van der Waals surface area contributed by atoms with Gasteiger partial charge < -0.3 is 40.3 Å². The number of hydrogen-bond donors (Lipinski definition) is 4. The van der Waals surface area contributed by atoms with Gasteiger partial charge in [0.15, 0.2) is 0 Å². The van der Waals surface area contributed by atoms with Gasteiger partial charge in [-0.3, -0.25) is 0 Å². The van der Waals surface area contributed by atoms with Crippen LogP contribution in [0.4, 0.5) is 28.8 Å². The van der Waals surface area contributed by atoms with Crippen LogP contribution in [0.5, 0.6) is 5.75 Å². The van der Waals surface area contributed by atoms with E-state index in [2.05, 4.69) is 67.7 Å². The number of methoxy groups -OCH3 is 1. The fourth-order valence-corrected chi connectivity index (χ4v) is 7.06. The number of hydrogen-bond acceptors (Lipinski definition) is 10. The van der Waals surface area contributed by atoms with Gasteiger partial charge in [0.25, 0.3) is 0 Å². The third-order valence-electron chi connectivity index (χ3n) is 7.65. The number of benzene rings is 2. The molecule has 1 saturated heterocycles. The van der Waals surface area contributed by atoms with Crippen molar-refractivity contribution in [1.82, 2.24) is 15.3 Å². The molecule has 0 amide bonds. The van der Waals surface area contributed by atoms with Crippen molar-refractivity contribution >= 4 is 69.0 Å². The second-order valence-corrected chi connectivity index (χ2v) is 15.4. The lowest BCUT2D eigenvalue weighted by Gasteiger charge is -2.38. The largest absolute Gasteiger partial charge is 0.494 e. The molecule has 228 valence electrons. The number of aromatic nitrogens is 2. The standard InChI is InChI=1S/C31H39BrN7O3P/c1-18-16-39(17-19(2)42-18)27-12-28(41-4)25(11-23(27)22(13-33)14-34-3)37-31-35-15-24(32)30(38-31)36-26-9-20-7-8-21(20)10-29(26)43(5,6)40/h9-15,18-19,33-34H,7-8,16-17H2,1-6H3,(H2,35,36,37,38)/b22-14+,33-13?. The first kappa shape index (κ1) is 31.0. The molecule has 12 heteroatoms. The third kappa shape index (κ3) is 6.74. The molecule has 3 aromatic rings. The van der Waals surface area contributed by atoms with Crippen molar-refractivity contribution < 1.29 is 14.0 Å². The van der Waals surface area contributed by atoms with E-state index in [1.54, 1.807) is 32.8 Å². The van der Waals surface area contributed by atoms with Crippen molar-refractivity contribution in [2.45, 2.75) is 38.9 Å². The number of nitrogens with one attached hydrogen (secondary N) is 4. The quantitative estimate of drug-likeness (QED) is 0.154. The molecule has 1 aliphatic carbocycles. The number of anilines is 5. The lowest BCUT2D eigenvalue weighted by atomic mass is 9.88. The van der Waals surface area contributed by atoms with E-state index in [-0.39, 0.29) is 12.2 Å². The van der Waals surface area contributed by atoms with E-state index < -0.39 is 7.14 Å². The molecule has 2 aromatic carbocycles. The average molecular weight is 669 g/mol. The number of nitrogens with zero attached hydrogens (tertiary/aromatic N) is 3. The smallest absolute Gasteiger partial charge is 0.229 e. The van der Waals surface area contributed by atoms with Gasteiger partial charge in [0, 0.05) is 66.9 Å². The molecule has 43 heavy (non-hydrogen) atoms. The number of rotatable bonds is 10. The van der Waals surface area contributed by atoms with Crippen LogP contribution < -0.4 is 30.9 Å². The Morgan fingerprint density at radius 2 is 1.81 bits per heavy atom. The van der Waals surface area contributed by atoms with E-state index >= 15 is 0 Å². The zero-order chi connectivity index (χ0) is 30.9. The van der Waals surface area contributed by atoms with Crippen LogP contribution in [0.3, 0.4) is 0 Å². The molecule has 1 fully saturated rings. The number of aryl methyl sites for hydroxylation is 2. The SMILES string of the molecule is CN/C=C(\C=N)c1cc(Nc2ncc(Br)c(Nc3cc4c(cc3P(C)(C)=O)CC4)n2)c(OC)cc1N1CC(C)OC(C)C1. The Hall–Kier alpha value is -3.40. The lowest BCUT2D eigenvalue weighted by molar-refractivity contribution is -0.00523. The average Bonchev–Trinajstić information content (AvgIpc) is 2.93. The molecule has 1 aliphatic heterocycles. The zero-order valence-corrected chi connectivity index (χ0v) is 27.9. The summed E-state index contributed by atoms with van der Waals surface area (Å²) in [5, 5.41) is 18.8. The fraction of sp³-hybridized carbons (Fsp3) is 0.387. The van der Waals surface area contributed by atoms with Gasteiger partial charge in [-0.2, -0.15) is 4.98 Å². The number of fused-ring (bicyclic) bond motifs is 1. The van der Waals surface area contributed by atoms with Crippen molar-refractivity contribution in [2.24, 2.45) is 0 Å². The van der Waals surface area contributed by atoms with E-state index in [9.17, 15) is 4.57 Å². The maximum Gasteiger partial charge on any atom is 0.229 e. The second-order valence-electron chi connectivity index (χ2n) is 11.4. The molecule has 2 unspecified atom stereocenters. The summed E-state index contributed by atoms with van der Waals surface area (Å²) >= 11 is 3.58. The zero-order valence-electron chi connectivity index (χ0n) is 25.4. The molecule has 0 bridgehead atoms. The van der Waals surface area contributed by atoms with Gasteiger partial charge in [-0.15, -0.1) is 0 Å². The summed E-state index contributed by atoms with van der Waals surface area (Å²) in [4.78, 5) is 11.6. The van der Waals surface area contributed by atoms with Gasteiger partial charge in [-0.05, 0) is 85.3 Å². The highest BCUT2D eigenvalue weighted by Crippen LogP contribution is 2.42. The first-order valence-corrected chi connectivity index (χ1v) is 17.7. The van der Waals surface area contributed by atoms with E-state index in [0.717, 1.165) is 48.2 Å². The van der Waals surface area contributed by atoms with Crippen molar-refractivity contribution in [3.8, 4) is 5.75 Å². The number of ether oxygens (including phenoxy) is 2. The van der Waals surface area contributed by atoms with E-state index in [1.165, 1.54) is 17.3 Å². The molecule has 10 nitrogen and oxygen atoms in total. The van der Waals surface area contributed by atoms with Crippen LogP contribution in [-0.2, 0) is 22.1 Å². The highest BCUT2D eigenvalue weighted by Gasteiger charge is 2.27. The summed E-state index contributed by atoms with van der Waals surface area (Å²) < 4.78 is 25.7. The Kier molecular flexibility index (Phi) is 9.15. The topological polar surface area (TPSA) is 124 Å². The van der Waals surface area contributed by atoms with Crippen LogP contribution in [0.1, 0.15) is 30.5 Å². The maximum absolute atomic E-state index is 13.2. The molecule has 2 aliphatic rings.